The van der Waals surface area contributed by atoms with Crippen LogP contribution in [0.3, 0.4) is 0 Å². The Balaban J connectivity index is 1.59. The van der Waals surface area contributed by atoms with Crippen LogP contribution in [-0.2, 0) is 6.54 Å². The highest BCUT2D eigenvalue weighted by Gasteiger charge is 2.24. The molecule has 3 aromatic heterocycles. The molecule has 160 valence electrons. The summed E-state index contributed by atoms with van der Waals surface area (Å²) in [5, 5.41) is 20.5. The number of nitrogen functional groups attached to an aromatic ring is 1. The number of hydrogen-bond donors (Lipinski definition) is 3. The number of nitrogens with zero attached hydrogens (tertiary/aromatic N) is 7. The third kappa shape index (κ3) is 4.00. The molecule has 0 aliphatic heterocycles. The first-order chi connectivity index (χ1) is 15.1. The number of rotatable bonds is 8. The Morgan fingerprint density at radius 1 is 1.32 bits per heavy atom. The van der Waals surface area contributed by atoms with Crippen molar-refractivity contribution in [3.05, 3.63) is 47.4 Å². The van der Waals surface area contributed by atoms with Crippen molar-refractivity contribution in [1.29, 1.82) is 0 Å². The summed E-state index contributed by atoms with van der Waals surface area (Å²) in [4.78, 5) is 18.1. The number of para-hydroxylation sites is 1. The molecule has 31 heavy (non-hydrogen) atoms. The van der Waals surface area contributed by atoms with Gasteiger partial charge in [-0.2, -0.15) is 9.78 Å². The van der Waals surface area contributed by atoms with Crippen LogP contribution in [0.15, 0.2) is 40.2 Å². The Hall–Kier alpha value is -4.06. The normalized spacial score (nSPS) is 11.7. The molecule has 12 heteroatoms. The second kappa shape index (κ2) is 8.75. The van der Waals surface area contributed by atoms with Crippen molar-refractivity contribution in [2.45, 2.75) is 20.4 Å². The predicted molar refractivity (Wildman–Crippen MR) is 114 cm³/mol. The van der Waals surface area contributed by atoms with Gasteiger partial charge in [0, 0.05) is 29.2 Å². The van der Waals surface area contributed by atoms with Crippen molar-refractivity contribution in [2.75, 3.05) is 18.8 Å². The van der Waals surface area contributed by atoms with Crippen LogP contribution in [0.5, 0.6) is 0 Å². The highest BCUT2D eigenvalue weighted by atomic mass is 16.6. The number of benzene rings is 1. The molecule has 0 spiro atoms. The molecule has 0 unspecified atom stereocenters. The van der Waals surface area contributed by atoms with Gasteiger partial charge < -0.3 is 10.7 Å². The second-order valence-electron chi connectivity index (χ2n) is 6.72. The van der Waals surface area contributed by atoms with Crippen molar-refractivity contribution >= 4 is 28.8 Å². The number of fused-ring (bicyclic) bond motifs is 1. The minimum absolute atomic E-state index is 0.0509. The minimum atomic E-state index is -0.500. The van der Waals surface area contributed by atoms with E-state index in [1.54, 1.807) is 6.21 Å². The molecule has 1 amide bonds. The molecule has 1 aromatic carbocycles. The molecule has 4 rings (SSSR count). The van der Waals surface area contributed by atoms with Gasteiger partial charge in [-0.15, -0.1) is 5.10 Å². The standard InChI is InChI=1S/C19H22N10O2/c1-3-28(4-2)11-15-16(23-27-29(15)18-17(20)25-31-26-18)19(30)24-22-10-12-9-21-14-8-6-5-7-13(12)14/h5-10,21H,3-4,11H2,1-2H3,(H2,20,25)(H,24,30)/b22-10+. The van der Waals surface area contributed by atoms with E-state index in [0.717, 1.165) is 29.6 Å². The lowest BCUT2D eigenvalue weighted by molar-refractivity contribution is 0.0948. The molecule has 0 bridgehead atoms. The molecule has 0 fully saturated rings. The Kier molecular flexibility index (Phi) is 5.71. The molecule has 4 N–H and O–H groups in total. The van der Waals surface area contributed by atoms with Crippen LogP contribution >= 0.6 is 0 Å². The quantitative estimate of drug-likeness (QED) is 0.283. The zero-order valence-electron chi connectivity index (χ0n) is 17.1. The van der Waals surface area contributed by atoms with Gasteiger partial charge in [-0.1, -0.05) is 37.3 Å². The lowest BCUT2D eigenvalue weighted by Crippen LogP contribution is -2.27. The largest absolute Gasteiger partial charge is 0.378 e. The van der Waals surface area contributed by atoms with E-state index in [1.807, 2.05) is 44.3 Å². The fourth-order valence-corrected chi connectivity index (χ4v) is 3.20. The van der Waals surface area contributed by atoms with Gasteiger partial charge >= 0.3 is 0 Å². The van der Waals surface area contributed by atoms with E-state index in [4.69, 9.17) is 5.73 Å². The van der Waals surface area contributed by atoms with Gasteiger partial charge in [-0.3, -0.25) is 9.69 Å². The fraction of sp³-hybridized carbons (Fsp3) is 0.263. The highest BCUT2D eigenvalue weighted by molar-refractivity contribution is 6.00. The third-order valence-corrected chi connectivity index (χ3v) is 4.93. The monoisotopic (exact) mass is 422 g/mol. The lowest BCUT2D eigenvalue weighted by atomic mass is 10.2. The van der Waals surface area contributed by atoms with Crippen molar-refractivity contribution in [1.82, 2.24) is 40.6 Å². The van der Waals surface area contributed by atoms with Gasteiger partial charge in [-0.25, -0.2) is 10.1 Å². The summed E-state index contributed by atoms with van der Waals surface area (Å²) in [6.45, 7) is 5.99. The Labute approximate surface area is 177 Å². The zero-order valence-corrected chi connectivity index (χ0v) is 17.1. The molecular formula is C19H22N10O2. The van der Waals surface area contributed by atoms with Gasteiger partial charge in [0.15, 0.2) is 5.69 Å². The summed E-state index contributed by atoms with van der Waals surface area (Å²) in [7, 11) is 0. The number of nitrogens with one attached hydrogen (secondary N) is 2. The summed E-state index contributed by atoms with van der Waals surface area (Å²) in [5.74, 6) is -0.273. The van der Waals surface area contributed by atoms with Crippen LogP contribution in [0.25, 0.3) is 16.7 Å². The van der Waals surface area contributed by atoms with E-state index in [1.165, 1.54) is 4.68 Å². The highest BCUT2D eigenvalue weighted by Crippen LogP contribution is 2.18. The van der Waals surface area contributed by atoms with Gasteiger partial charge in [0.1, 0.15) is 0 Å². The molecule has 0 saturated carbocycles. The smallest absolute Gasteiger partial charge is 0.293 e. The van der Waals surface area contributed by atoms with Gasteiger partial charge in [0.2, 0.25) is 11.6 Å². The third-order valence-electron chi connectivity index (χ3n) is 4.93. The molecule has 0 radical (unpaired) electrons. The number of nitrogens with two attached hydrogens (primary N) is 1. The number of aromatic amines is 1. The average Bonchev–Trinajstić information content (AvgIpc) is 3.50. The number of carbonyl (C=O) groups is 1. The minimum Gasteiger partial charge on any atom is -0.378 e. The number of aromatic nitrogens is 6. The topological polar surface area (TPSA) is 156 Å². The Bertz CT molecular complexity index is 1220. The molecular weight excluding hydrogens is 400 g/mol. The van der Waals surface area contributed by atoms with E-state index in [9.17, 15) is 4.79 Å². The maximum absolute atomic E-state index is 12.8. The van der Waals surface area contributed by atoms with Crippen LogP contribution in [0.1, 0.15) is 35.6 Å². The Morgan fingerprint density at radius 3 is 2.87 bits per heavy atom. The lowest BCUT2D eigenvalue weighted by Gasteiger charge is -2.18. The summed E-state index contributed by atoms with van der Waals surface area (Å²) < 4.78 is 6.03. The fourth-order valence-electron chi connectivity index (χ4n) is 3.20. The molecule has 3 heterocycles. The molecule has 0 aliphatic carbocycles. The number of carbonyl (C=O) groups excluding carboxylic acids is 1. The van der Waals surface area contributed by atoms with Crippen molar-refractivity contribution in [3.63, 3.8) is 0 Å². The zero-order chi connectivity index (χ0) is 21.8. The molecule has 0 saturated heterocycles. The van der Waals surface area contributed by atoms with E-state index in [0.29, 0.717) is 12.2 Å². The molecule has 12 nitrogen and oxygen atoms in total. The first-order valence-corrected chi connectivity index (χ1v) is 9.77. The van der Waals surface area contributed by atoms with Crippen LogP contribution in [0.2, 0.25) is 0 Å². The number of amides is 1. The van der Waals surface area contributed by atoms with Crippen LogP contribution in [-0.4, -0.2) is 60.4 Å². The van der Waals surface area contributed by atoms with E-state index in [-0.39, 0.29) is 17.3 Å². The second-order valence-corrected chi connectivity index (χ2v) is 6.72. The molecule has 4 aromatic rings. The van der Waals surface area contributed by atoms with E-state index in [2.05, 4.69) is 45.7 Å². The van der Waals surface area contributed by atoms with Crippen LogP contribution < -0.4 is 11.2 Å². The van der Waals surface area contributed by atoms with Gasteiger partial charge in [-0.05, 0) is 29.5 Å². The number of anilines is 1. The number of hydrogen-bond acceptors (Lipinski definition) is 9. The SMILES string of the molecule is CCN(CC)Cc1c(C(=O)N/N=C/c2c[nH]c3ccccc23)nnn1-c1nonc1N. The van der Waals surface area contributed by atoms with Gasteiger partial charge in [0.25, 0.3) is 5.91 Å². The van der Waals surface area contributed by atoms with Gasteiger partial charge in [0.05, 0.1) is 11.9 Å². The Morgan fingerprint density at radius 2 is 2.13 bits per heavy atom. The van der Waals surface area contributed by atoms with Crippen molar-refractivity contribution in [3.8, 4) is 5.82 Å². The number of hydrazone groups is 1. The van der Waals surface area contributed by atoms with Crippen molar-refractivity contribution < 1.29 is 9.42 Å². The average molecular weight is 422 g/mol. The summed E-state index contributed by atoms with van der Waals surface area (Å²) >= 11 is 0. The van der Waals surface area contributed by atoms with E-state index >= 15 is 0 Å². The predicted octanol–water partition coefficient (Wildman–Crippen LogP) is 1.32. The van der Waals surface area contributed by atoms with Crippen LogP contribution in [0, 0.1) is 0 Å². The molecule has 0 atom stereocenters. The van der Waals surface area contributed by atoms with E-state index < -0.39 is 5.91 Å². The first-order valence-electron chi connectivity index (χ1n) is 9.77. The summed E-state index contributed by atoms with van der Waals surface area (Å²) in [6.07, 6.45) is 3.40. The summed E-state index contributed by atoms with van der Waals surface area (Å²) in [6, 6.07) is 7.82. The number of H-pyrrole nitrogens is 1. The maximum Gasteiger partial charge on any atom is 0.293 e. The maximum atomic E-state index is 12.8. The molecule has 0 aliphatic rings. The summed E-state index contributed by atoms with van der Waals surface area (Å²) in [5.41, 5.74) is 10.8. The van der Waals surface area contributed by atoms with Crippen LogP contribution in [0.4, 0.5) is 5.82 Å². The first kappa shape index (κ1) is 20.2. The van der Waals surface area contributed by atoms with Crippen molar-refractivity contribution in [2.24, 2.45) is 5.10 Å².